The van der Waals surface area contributed by atoms with Gasteiger partial charge in [0.2, 0.25) is 11.9 Å². The van der Waals surface area contributed by atoms with Gasteiger partial charge in [-0.2, -0.15) is 15.0 Å². The zero-order chi connectivity index (χ0) is 16.3. The van der Waals surface area contributed by atoms with E-state index in [1.54, 1.807) is 19.0 Å². The SMILES string of the molecule is CN(C)c1nc(N)nc(COC(=O)c2cc(Cl)ccc2O)n1. The summed E-state index contributed by atoms with van der Waals surface area (Å²) in [5, 5.41) is 9.95. The van der Waals surface area contributed by atoms with E-state index in [4.69, 9.17) is 22.1 Å². The van der Waals surface area contributed by atoms with Gasteiger partial charge in [0.15, 0.2) is 12.4 Å². The van der Waals surface area contributed by atoms with Crippen LogP contribution >= 0.6 is 11.6 Å². The lowest BCUT2D eigenvalue weighted by Crippen LogP contribution is -2.17. The van der Waals surface area contributed by atoms with Crippen LogP contribution in [0.3, 0.4) is 0 Å². The van der Waals surface area contributed by atoms with E-state index in [2.05, 4.69) is 15.0 Å². The zero-order valence-electron chi connectivity index (χ0n) is 11.9. The minimum atomic E-state index is -0.745. The summed E-state index contributed by atoms with van der Waals surface area (Å²) < 4.78 is 5.06. The molecule has 0 fully saturated rings. The number of aromatic hydroxyl groups is 1. The second kappa shape index (κ2) is 6.44. The molecule has 116 valence electrons. The fraction of sp³-hybridized carbons (Fsp3) is 0.231. The fourth-order valence-electron chi connectivity index (χ4n) is 1.57. The van der Waals surface area contributed by atoms with Gasteiger partial charge in [0.25, 0.3) is 0 Å². The molecule has 0 spiro atoms. The number of esters is 1. The Morgan fingerprint density at radius 1 is 1.36 bits per heavy atom. The van der Waals surface area contributed by atoms with Crippen molar-refractivity contribution >= 4 is 29.5 Å². The van der Waals surface area contributed by atoms with Crippen LogP contribution in [0.1, 0.15) is 16.2 Å². The Hall–Kier alpha value is -2.61. The van der Waals surface area contributed by atoms with E-state index in [9.17, 15) is 9.90 Å². The summed E-state index contributed by atoms with van der Waals surface area (Å²) in [5.74, 6) is -0.394. The van der Waals surface area contributed by atoms with Crippen LogP contribution in [0, 0.1) is 0 Å². The second-order valence-electron chi connectivity index (χ2n) is 4.54. The average molecular weight is 324 g/mol. The number of halogens is 1. The van der Waals surface area contributed by atoms with Gasteiger partial charge in [0.1, 0.15) is 11.3 Å². The van der Waals surface area contributed by atoms with Crippen molar-refractivity contribution in [1.29, 1.82) is 0 Å². The molecule has 0 saturated carbocycles. The summed E-state index contributed by atoms with van der Waals surface area (Å²) in [7, 11) is 3.49. The molecular formula is C13H14ClN5O3. The number of anilines is 2. The predicted molar refractivity (Wildman–Crippen MR) is 80.8 cm³/mol. The standard InChI is InChI=1S/C13H14ClN5O3/c1-19(2)13-17-10(16-12(15)18-13)6-22-11(21)8-5-7(14)3-4-9(8)20/h3-5,20H,6H2,1-2H3,(H2,15,16,17,18). The number of nitrogens with zero attached hydrogens (tertiary/aromatic N) is 4. The molecule has 0 aliphatic carbocycles. The molecular weight excluding hydrogens is 310 g/mol. The highest BCUT2D eigenvalue weighted by molar-refractivity contribution is 6.31. The van der Waals surface area contributed by atoms with Gasteiger partial charge in [-0.1, -0.05) is 11.6 Å². The van der Waals surface area contributed by atoms with Gasteiger partial charge in [0, 0.05) is 19.1 Å². The molecule has 2 aromatic rings. The highest BCUT2D eigenvalue weighted by Gasteiger charge is 2.15. The number of phenols is 1. The van der Waals surface area contributed by atoms with Crippen molar-refractivity contribution < 1.29 is 14.6 Å². The summed E-state index contributed by atoms with van der Waals surface area (Å²) in [4.78, 5) is 25.5. The van der Waals surface area contributed by atoms with Crippen LogP contribution in [0.15, 0.2) is 18.2 Å². The molecule has 22 heavy (non-hydrogen) atoms. The number of carbonyl (C=O) groups excluding carboxylic acids is 1. The minimum Gasteiger partial charge on any atom is -0.507 e. The summed E-state index contributed by atoms with van der Waals surface area (Å²) >= 11 is 5.78. The van der Waals surface area contributed by atoms with Crippen molar-refractivity contribution in [2.75, 3.05) is 24.7 Å². The maximum atomic E-state index is 11.9. The van der Waals surface area contributed by atoms with Gasteiger partial charge < -0.3 is 20.5 Å². The molecule has 1 aromatic carbocycles. The normalized spacial score (nSPS) is 10.3. The van der Waals surface area contributed by atoms with Crippen LogP contribution in [0.4, 0.5) is 11.9 Å². The topological polar surface area (TPSA) is 114 Å². The lowest BCUT2D eigenvalue weighted by atomic mass is 10.2. The maximum absolute atomic E-state index is 11.9. The molecule has 0 aliphatic rings. The molecule has 2 rings (SSSR count). The molecule has 3 N–H and O–H groups in total. The third kappa shape index (κ3) is 3.73. The number of aromatic nitrogens is 3. The number of nitrogens with two attached hydrogens (primary N) is 1. The number of hydrogen-bond acceptors (Lipinski definition) is 8. The molecule has 0 atom stereocenters. The molecule has 9 heteroatoms. The zero-order valence-corrected chi connectivity index (χ0v) is 12.7. The van der Waals surface area contributed by atoms with E-state index in [0.29, 0.717) is 11.0 Å². The smallest absolute Gasteiger partial charge is 0.342 e. The van der Waals surface area contributed by atoms with Crippen molar-refractivity contribution in [3.63, 3.8) is 0 Å². The summed E-state index contributed by atoms with van der Waals surface area (Å²) in [6.45, 7) is -0.210. The van der Waals surface area contributed by atoms with Crippen molar-refractivity contribution in [3.05, 3.63) is 34.6 Å². The molecule has 0 saturated heterocycles. The Kier molecular flexibility index (Phi) is 4.62. The molecule has 0 unspecified atom stereocenters. The highest BCUT2D eigenvalue weighted by atomic mass is 35.5. The number of phenolic OH excluding ortho intramolecular Hbond substituents is 1. The van der Waals surface area contributed by atoms with Crippen molar-refractivity contribution in [2.24, 2.45) is 0 Å². The van der Waals surface area contributed by atoms with Crippen LogP contribution < -0.4 is 10.6 Å². The second-order valence-corrected chi connectivity index (χ2v) is 4.98. The summed E-state index contributed by atoms with van der Waals surface area (Å²) in [5.41, 5.74) is 5.53. The minimum absolute atomic E-state index is 0.0235. The number of carbonyl (C=O) groups is 1. The van der Waals surface area contributed by atoms with Gasteiger partial charge in [0.05, 0.1) is 0 Å². The quantitative estimate of drug-likeness (QED) is 0.807. The average Bonchev–Trinajstić information content (AvgIpc) is 2.46. The van der Waals surface area contributed by atoms with E-state index in [1.807, 2.05) is 0 Å². The number of ether oxygens (including phenoxy) is 1. The van der Waals surface area contributed by atoms with Crippen molar-refractivity contribution in [2.45, 2.75) is 6.61 Å². The molecule has 8 nitrogen and oxygen atoms in total. The van der Waals surface area contributed by atoms with E-state index in [1.165, 1.54) is 18.2 Å². The Morgan fingerprint density at radius 3 is 2.77 bits per heavy atom. The van der Waals surface area contributed by atoms with E-state index >= 15 is 0 Å². The first-order chi connectivity index (χ1) is 10.4. The monoisotopic (exact) mass is 323 g/mol. The first kappa shape index (κ1) is 15.8. The lowest BCUT2D eigenvalue weighted by molar-refractivity contribution is 0.0459. The van der Waals surface area contributed by atoms with Crippen molar-refractivity contribution in [1.82, 2.24) is 15.0 Å². The van der Waals surface area contributed by atoms with E-state index < -0.39 is 5.97 Å². The third-order valence-corrected chi connectivity index (χ3v) is 2.83. The third-order valence-electron chi connectivity index (χ3n) is 2.60. The lowest BCUT2D eigenvalue weighted by Gasteiger charge is -2.11. The molecule has 0 radical (unpaired) electrons. The van der Waals surface area contributed by atoms with Gasteiger partial charge >= 0.3 is 5.97 Å². The van der Waals surface area contributed by atoms with E-state index in [-0.39, 0.29) is 29.7 Å². The number of nitrogen functional groups attached to an aromatic ring is 1. The van der Waals surface area contributed by atoms with Gasteiger partial charge in [-0.3, -0.25) is 0 Å². The Bertz CT molecular complexity index is 708. The molecule has 1 aromatic heterocycles. The first-order valence-electron chi connectivity index (χ1n) is 6.20. The summed E-state index contributed by atoms with van der Waals surface area (Å²) in [6.07, 6.45) is 0. The Morgan fingerprint density at radius 2 is 2.09 bits per heavy atom. The van der Waals surface area contributed by atoms with Gasteiger partial charge in [-0.25, -0.2) is 4.79 Å². The summed E-state index contributed by atoms with van der Waals surface area (Å²) in [6, 6.07) is 4.08. The molecule has 1 heterocycles. The largest absolute Gasteiger partial charge is 0.507 e. The maximum Gasteiger partial charge on any atom is 0.342 e. The van der Waals surface area contributed by atoms with Gasteiger partial charge in [-0.05, 0) is 18.2 Å². The molecule has 0 aliphatic heterocycles. The van der Waals surface area contributed by atoms with Crippen molar-refractivity contribution in [3.8, 4) is 5.75 Å². The van der Waals surface area contributed by atoms with Crippen LogP contribution in [0.2, 0.25) is 5.02 Å². The number of hydrogen-bond donors (Lipinski definition) is 2. The van der Waals surface area contributed by atoms with Crippen LogP contribution in [0.25, 0.3) is 0 Å². The van der Waals surface area contributed by atoms with E-state index in [0.717, 1.165) is 0 Å². The van der Waals surface area contributed by atoms with Crippen LogP contribution in [-0.2, 0) is 11.3 Å². The van der Waals surface area contributed by atoms with Crippen LogP contribution in [-0.4, -0.2) is 40.1 Å². The number of rotatable bonds is 4. The molecule has 0 amide bonds. The highest BCUT2D eigenvalue weighted by Crippen LogP contribution is 2.22. The first-order valence-corrected chi connectivity index (χ1v) is 6.58. The predicted octanol–water partition coefficient (Wildman–Crippen LogP) is 1.24. The fourth-order valence-corrected chi connectivity index (χ4v) is 1.74. The van der Waals surface area contributed by atoms with Gasteiger partial charge in [-0.15, -0.1) is 0 Å². The Balaban J connectivity index is 2.13. The van der Waals surface area contributed by atoms with Crippen LogP contribution in [0.5, 0.6) is 5.75 Å². The molecule has 0 bridgehead atoms. The Labute approximate surface area is 131 Å². The number of benzene rings is 1.